The number of aromatic nitrogens is 2. The highest BCUT2D eigenvalue weighted by Crippen LogP contribution is 2.30. The molecule has 22 heavy (non-hydrogen) atoms. The van der Waals surface area contributed by atoms with Crippen LogP contribution in [-0.4, -0.2) is 15.9 Å². The predicted molar refractivity (Wildman–Crippen MR) is 75.0 cm³/mol. The van der Waals surface area contributed by atoms with E-state index in [1.54, 1.807) is 6.07 Å². The first kappa shape index (κ1) is 15.9. The summed E-state index contributed by atoms with van der Waals surface area (Å²) in [5, 5.41) is 0. The normalized spacial score (nSPS) is 11.5. The van der Waals surface area contributed by atoms with Crippen molar-refractivity contribution in [1.82, 2.24) is 9.97 Å². The van der Waals surface area contributed by atoms with Gasteiger partial charge in [-0.3, -0.25) is 4.79 Å². The van der Waals surface area contributed by atoms with Crippen LogP contribution in [0.15, 0.2) is 30.6 Å². The number of rotatable bonds is 4. The van der Waals surface area contributed by atoms with Gasteiger partial charge in [-0.15, -0.1) is 0 Å². The molecule has 1 aromatic heterocycles. The standard InChI is InChI=1S/C15H14F3N3O/c1-2-4-9-5-3-6-11(13(19)22)12(9)10-7-20-14(21-8-10)15(16,17)18/h3,5-8H,2,4H2,1H3,(H2,19,22). The lowest BCUT2D eigenvalue weighted by molar-refractivity contribution is -0.144. The van der Waals surface area contributed by atoms with E-state index in [1.807, 2.05) is 13.0 Å². The number of amides is 1. The highest BCUT2D eigenvalue weighted by molar-refractivity contribution is 6.00. The number of benzene rings is 1. The Morgan fingerprint density at radius 2 is 1.86 bits per heavy atom. The van der Waals surface area contributed by atoms with E-state index in [0.29, 0.717) is 17.5 Å². The molecule has 0 radical (unpaired) electrons. The summed E-state index contributed by atoms with van der Waals surface area (Å²) in [5.74, 6) is -1.86. The first-order chi connectivity index (χ1) is 10.3. The molecule has 7 heteroatoms. The average molecular weight is 309 g/mol. The zero-order valence-corrected chi connectivity index (χ0v) is 11.8. The molecular weight excluding hydrogens is 295 g/mol. The minimum atomic E-state index is -4.60. The highest BCUT2D eigenvalue weighted by Gasteiger charge is 2.34. The SMILES string of the molecule is CCCc1cccc(C(N)=O)c1-c1cnc(C(F)(F)F)nc1. The Morgan fingerprint density at radius 1 is 1.23 bits per heavy atom. The van der Waals surface area contributed by atoms with Gasteiger partial charge in [0, 0.05) is 29.1 Å². The minimum absolute atomic E-state index is 0.245. The van der Waals surface area contributed by atoms with Gasteiger partial charge in [0.05, 0.1) is 0 Å². The Morgan fingerprint density at radius 3 is 2.36 bits per heavy atom. The Kier molecular flexibility index (Phi) is 4.44. The van der Waals surface area contributed by atoms with Gasteiger partial charge >= 0.3 is 6.18 Å². The second-order valence-electron chi connectivity index (χ2n) is 4.75. The molecule has 0 saturated carbocycles. The van der Waals surface area contributed by atoms with Crippen molar-refractivity contribution in [3.63, 3.8) is 0 Å². The molecule has 0 saturated heterocycles. The van der Waals surface area contributed by atoms with Crippen molar-refractivity contribution in [3.8, 4) is 11.1 Å². The van der Waals surface area contributed by atoms with Crippen LogP contribution in [0.3, 0.4) is 0 Å². The largest absolute Gasteiger partial charge is 0.451 e. The molecule has 4 nitrogen and oxygen atoms in total. The summed E-state index contributed by atoms with van der Waals surface area (Å²) in [6, 6.07) is 5.04. The molecule has 0 aliphatic carbocycles. The van der Waals surface area contributed by atoms with Crippen molar-refractivity contribution < 1.29 is 18.0 Å². The van der Waals surface area contributed by atoms with Gasteiger partial charge in [-0.05, 0) is 18.1 Å². The van der Waals surface area contributed by atoms with Crippen molar-refractivity contribution in [1.29, 1.82) is 0 Å². The van der Waals surface area contributed by atoms with E-state index >= 15 is 0 Å². The first-order valence-electron chi connectivity index (χ1n) is 6.66. The van der Waals surface area contributed by atoms with E-state index in [4.69, 9.17) is 5.73 Å². The van der Waals surface area contributed by atoms with Crippen LogP contribution < -0.4 is 5.73 Å². The highest BCUT2D eigenvalue weighted by atomic mass is 19.4. The van der Waals surface area contributed by atoms with Gasteiger partial charge in [-0.25, -0.2) is 9.97 Å². The second kappa shape index (κ2) is 6.13. The number of nitrogens with two attached hydrogens (primary N) is 1. The number of carbonyl (C=O) groups is 1. The average Bonchev–Trinajstić information content (AvgIpc) is 2.46. The van der Waals surface area contributed by atoms with Crippen LogP contribution in [0.5, 0.6) is 0 Å². The Labute approximate surface area is 125 Å². The van der Waals surface area contributed by atoms with Crippen LogP contribution in [0.25, 0.3) is 11.1 Å². The van der Waals surface area contributed by atoms with Crippen LogP contribution in [0, 0.1) is 0 Å². The van der Waals surface area contributed by atoms with Crippen molar-refractivity contribution in [2.24, 2.45) is 5.73 Å². The smallest absolute Gasteiger partial charge is 0.366 e. The van der Waals surface area contributed by atoms with Crippen LogP contribution in [0.1, 0.15) is 35.1 Å². The molecule has 0 bridgehead atoms. The second-order valence-corrected chi connectivity index (χ2v) is 4.75. The van der Waals surface area contributed by atoms with Crippen LogP contribution >= 0.6 is 0 Å². The zero-order valence-electron chi connectivity index (χ0n) is 11.8. The number of hydrogen-bond acceptors (Lipinski definition) is 3. The minimum Gasteiger partial charge on any atom is -0.366 e. The lowest BCUT2D eigenvalue weighted by Crippen LogP contribution is -2.14. The van der Waals surface area contributed by atoms with E-state index in [0.717, 1.165) is 24.4 Å². The van der Waals surface area contributed by atoms with Crippen molar-refractivity contribution in [3.05, 3.63) is 47.5 Å². The maximum absolute atomic E-state index is 12.5. The number of aryl methyl sites for hydroxylation is 1. The summed E-state index contributed by atoms with van der Waals surface area (Å²) in [5.41, 5.74) is 7.25. The molecule has 0 aliphatic rings. The lowest BCUT2D eigenvalue weighted by Gasteiger charge is -2.13. The topological polar surface area (TPSA) is 68.9 Å². The number of primary amides is 1. The summed E-state index contributed by atoms with van der Waals surface area (Å²) in [4.78, 5) is 18.3. The molecule has 0 spiro atoms. The summed E-state index contributed by atoms with van der Waals surface area (Å²) < 4.78 is 37.6. The Balaban J connectivity index is 2.57. The maximum atomic E-state index is 12.5. The zero-order chi connectivity index (χ0) is 16.3. The number of carbonyl (C=O) groups excluding carboxylic acids is 1. The summed E-state index contributed by atoms with van der Waals surface area (Å²) in [6.45, 7) is 1.96. The molecule has 0 atom stereocenters. The summed E-state index contributed by atoms with van der Waals surface area (Å²) in [7, 11) is 0. The van der Waals surface area contributed by atoms with Crippen molar-refractivity contribution >= 4 is 5.91 Å². The monoisotopic (exact) mass is 309 g/mol. The van der Waals surface area contributed by atoms with Crippen LogP contribution in [0.4, 0.5) is 13.2 Å². The molecule has 116 valence electrons. The van der Waals surface area contributed by atoms with Gasteiger partial charge in [0.1, 0.15) is 0 Å². The molecule has 0 fully saturated rings. The molecule has 1 aromatic carbocycles. The summed E-state index contributed by atoms with van der Waals surface area (Å²) in [6.07, 6.45) is -0.990. The molecule has 1 amide bonds. The summed E-state index contributed by atoms with van der Waals surface area (Å²) >= 11 is 0. The van der Waals surface area contributed by atoms with Crippen molar-refractivity contribution in [2.75, 3.05) is 0 Å². The van der Waals surface area contributed by atoms with E-state index < -0.39 is 17.9 Å². The lowest BCUT2D eigenvalue weighted by atomic mass is 9.93. The maximum Gasteiger partial charge on any atom is 0.451 e. The van der Waals surface area contributed by atoms with E-state index in [2.05, 4.69) is 9.97 Å². The van der Waals surface area contributed by atoms with Gasteiger partial charge in [0.2, 0.25) is 11.7 Å². The molecule has 2 aromatic rings. The van der Waals surface area contributed by atoms with Crippen molar-refractivity contribution in [2.45, 2.75) is 25.9 Å². The van der Waals surface area contributed by atoms with Gasteiger partial charge in [-0.1, -0.05) is 25.5 Å². The van der Waals surface area contributed by atoms with E-state index in [1.165, 1.54) is 6.07 Å². The Hall–Kier alpha value is -2.44. The predicted octanol–water partition coefficient (Wildman–Crippen LogP) is 3.21. The number of nitrogens with zero attached hydrogens (tertiary/aromatic N) is 2. The molecular formula is C15H14F3N3O. The molecule has 2 N–H and O–H groups in total. The first-order valence-corrected chi connectivity index (χ1v) is 6.66. The van der Waals surface area contributed by atoms with Crippen LogP contribution in [0.2, 0.25) is 0 Å². The number of hydrogen-bond donors (Lipinski definition) is 1. The fourth-order valence-corrected chi connectivity index (χ4v) is 2.23. The van der Waals surface area contributed by atoms with E-state index in [-0.39, 0.29) is 5.56 Å². The number of alkyl halides is 3. The fourth-order valence-electron chi connectivity index (χ4n) is 2.23. The van der Waals surface area contributed by atoms with E-state index in [9.17, 15) is 18.0 Å². The van der Waals surface area contributed by atoms with Gasteiger partial charge < -0.3 is 5.73 Å². The number of halogens is 3. The molecule has 2 rings (SSSR count). The Bertz CT molecular complexity index is 681. The third-order valence-electron chi connectivity index (χ3n) is 3.13. The quantitative estimate of drug-likeness (QED) is 0.943. The molecule has 0 unspecified atom stereocenters. The molecule has 1 heterocycles. The van der Waals surface area contributed by atoms with Crippen LogP contribution in [-0.2, 0) is 12.6 Å². The van der Waals surface area contributed by atoms with Gasteiger partial charge in [0.25, 0.3) is 0 Å². The fraction of sp³-hybridized carbons (Fsp3) is 0.267. The van der Waals surface area contributed by atoms with Gasteiger partial charge in [-0.2, -0.15) is 13.2 Å². The third-order valence-corrected chi connectivity index (χ3v) is 3.13. The van der Waals surface area contributed by atoms with Gasteiger partial charge in [0.15, 0.2) is 0 Å². The molecule has 0 aliphatic heterocycles. The third kappa shape index (κ3) is 3.24.